The van der Waals surface area contributed by atoms with Crippen LogP contribution in [-0.4, -0.2) is 38.6 Å². The number of ether oxygens (including phenoxy) is 1. The molecule has 31 heavy (non-hydrogen) atoms. The van der Waals surface area contributed by atoms with Crippen molar-refractivity contribution in [3.8, 4) is 0 Å². The second-order valence-electron chi connectivity index (χ2n) is 9.00. The molecule has 1 saturated heterocycles. The Balaban J connectivity index is 1.70. The molecule has 1 aliphatic heterocycles. The van der Waals surface area contributed by atoms with Crippen LogP contribution in [0, 0.1) is 11.3 Å². The molecule has 4 rings (SSSR count). The average molecular weight is 428 g/mol. The van der Waals surface area contributed by atoms with Crippen molar-refractivity contribution in [3.05, 3.63) is 40.6 Å². The van der Waals surface area contributed by atoms with E-state index in [1.165, 1.54) is 4.57 Å². The molecule has 0 aliphatic carbocycles. The van der Waals surface area contributed by atoms with Crippen LogP contribution in [0.4, 0.5) is 10.8 Å². The highest BCUT2D eigenvalue weighted by atomic mass is 16.5. The summed E-state index contributed by atoms with van der Waals surface area (Å²) in [6.45, 7) is 7.71. The van der Waals surface area contributed by atoms with Gasteiger partial charge in [0.2, 0.25) is 5.89 Å². The monoisotopic (exact) mass is 428 g/mol. The summed E-state index contributed by atoms with van der Waals surface area (Å²) in [4.78, 5) is 26.7. The Labute approximate surface area is 179 Å². The van der Waals surface area contributed by atoms with Crippen LogP contribution in [0.5, 0.6) is 0 Å². The Morgan fingerprint density at radius 3 is 2.52 bits per heavy atom. The lowest BCUT2D eigenvalue weighted by Gasteiger charge is -2.28. The van der Waals surface area contributed by atoms with E-state index in [1.807, 2.05) is 39.0 Å². The van der Waals surface area contributed by atoms with Gasteiger partial charge in [0.1, 0.15) is 6.04 Å². The molecule has 3 N–H and O–H groups in total. The molecule has 10 nitrogen and oxygen atoms in total. The fourth-order valence-corrected chi connectivity index (χ4v) is 3.97. The summed E-state index contributed by atoms with van der Waals surface area (Å²) in [5, 5.41) is 10.5. The molecule has 1 aromatic carbocycles. The smallest absolute Gasteiger partial charge is 0.337 e. The summed E-state index contributed by atoms with van der Waals surface area (Å²) in [5.41, 5.74) is 6.02. The largest absolute Gasteiger partial charge is 0.406 e. The predicted molar refractivity (Wildman–Crippen MR) is 115 cm³/mol. The minimum atomic E-state index is -0.630. The number of amides is 1. The molecular formula is C21H28N6O4. The maximum Gasteiger partial charge on any atom is 0.337 e. The number of carbonyl (C=O) groups excluding carboxylic acids is 1. The highest BCUT2D eigenvalue weighted by Gasteiger charge is 2.34. The molecule has 1 amide bonds. The zero-order valence-corrected chi connectivity index (χ0v) is 18.0. The summed E-state index contributed by atoms with van der Waals surface area (Å²) in [5.74, 6) is 0.523. The third-order valence-electron chi connectivity index (χ3n) is 5.66. The first-order valence-electron chi connectivity index (χ1n) is 10.4. The molecule has 2 aromatic heterocycles. The molecule has 3 aromatic rings. The van der Waals surface area contributed by atoms with Crippen molar-refractivity contribution in [1.29, 1.82) is 0 Å². The van der Waals surface area contributed by atoms with Gasteiger partial charge in [0.05, 0.1) is 11.0 Å². The van der Waals surface area contributed by atoms with Crippen LogP contribution in [0.15, 0.2) is 33.5 Å². The minimum absolute atomic E-state index is 0.0799. The Morgan fingerprint density at radius 1 is 1.23 bits per heavy atom. The summed E-state index contributed by atoms with van der Waals surface area (Å²) >= 11 is 0. The summed E-state index contributed by atoms with van der Waals surface area (Å²) in [6, 6.07) is 6.04. The molecule has 1 fully saturated rings. The van der Waals surface area contributed by atoms with E-state index >= 15 is 0 Å². The fourth-order valence-electron chi connectivity index (χ4n) is 3.97. The summed E-state index contributed by atoms with van der Waals surface area (Å²) in [7, 11) is 0. The first kappa shape index (κ1) is 21.1. The van der Waals surface area contributed by atoms with E-state index in [0.29, 0.717) is 31.2 Å². The van der Waals surface area contributed by atoms with Crippen LogP contribution in [0.1, 0.15) is 45.5 Å². The van der Waals surface area contributed by atoms with Gasteiger partial charge < -0.3 is 20.2 Å². The van der Waals surface area contributed by atoms with Crippen LogP contribution in [-0.2, 0) is 11.3 Å². The zero-order chi connectivity index (χ0) is 22.2. The van der Waals surface area contributed by atoms with Crippen LogP contribution in [0.2, 0.25) is 0 Å². The molecule has 0 spiro atoms. The van der Waals surface area contributed by atoms with E-state index in [4.69, 9.17) is 14.9 Å². The van der Waals surface area contributed by atoms with Crippen molar-refractivity contribution in [3.63, 3.8) is 0 Å². The van der Waals surface area contributed by atoms with Gasteiger partial charge in [-0.2, -0.15) is 0 Å². The number of hydrogen-bond donors (Lipinski definition) is 2. The molecule has 1 atom stereocenters. The molecule has 1 aliphatic rings. The van der Waals surface area contributed by atoms with E-state index < -0.39 is 17.5 Å². The Kier molecular flexibility index (Phi) is 5.57. The normalized spacial score (nSPS) is 16.5. The van der Waals surface area contributed by atoms with Crippen molar-refractivity contribution in [1.82, 2.24) is 24.6 Å². The van der Waals surface area contributed by atoms with E-state index in [0.717, 1.165) is 18.4 Å². The van der Waals surface area contributed by atoms with Crippen molar-refractivity contribution in [2.75, 3.05) is 18.9 Å². The van der Waals surface area contributed by atoms with Gasteiger partial charge in [-0.25, -0.2) is 14.2 Å². The highest BCUT2D eigenvalue weighted by Crippen LogP contribution is 2.32. The van der Waals surface area contributed by atoms with Gasteiger partial charge in [0.15, 0.2) is 0 Å². The second kappa shape index (κ2) is 8.18. The molecule has 0 unspecified atom stereocenters. The number of fused-ring (bicyclic) bond motifs is 1. The number of nitrogens with one attached hydrogen (secondary N) is 1. The summed E-state index contributed by atoms with van der Waals surface area (Å²) in [6.07, 6.45) is 1.78. The number of anilines is 1. The van der Waals surface area contributed by atoms with Gasteiger partial charge in [-0.1, -0.05) is 38.0 Å². The fraction of sp³-hybridized carbons (Fsp3) is 0.524. The third kappa shape index (κ3) is 4.20. The third-order valence-corrected chi connectivity index (χ3v) is 5.66. The first-order valence-corrected chi connectivity index (χ1v) is 10.4. The quantitative estimate of drug-likeness (QED) is 0.653. The zero-order valence-electron chi connectivity index (χ0n) is 18.0. The maximum atomic E-state index is 13.3. The molecule has 3 heterocycles. The number of imidazole rings is 1. The number of hydrogen-bond acceptors (Lipinski definition) is 7. The van der Waals surface area contributed by atoms with E-state index in [2.05, 4.69) is 15.5 Å². The molecule has 0 bridgehead atoms. The van der Waals surface area contributed by atoms with Crippen LogP contribution in [0.25, 0.3) is 11.0 Å². The number of benzene rings is 1. The van der Waals surface area contributed by atoms with Crippen LogP contribution in [0.3, 0.4) is 0 Å². The maximum absolute atomic E-state index is 13.3. The molecule has 166 valence electrons. The van der Waals surface area contributed by atoms with E-state index in [9.17, 15) is 9.59 Å². The topological polar surface area (TPSA) is 130 Å². The highest BCUT2D eigenvalue weighted by molar-refractivity contribution is 5.89. The van der Waals surface area contributed by atoms with Gasteiger partial charge in [0, 0.05) is 19.8 Å². The van der Waals surface area contributed by atoms with Crippen molar-refractivity contribution < 1.29 is 13.9 Å². The number of nitrogens with zero attached hydrogens (tertiary/aromatic N) is 4. The van der Waals surface area contributed by atoms with Crippen molar-refractivity contribution >= 4 is 23.1 Å². The van der Waals surface area contributed by atoms with Crippen molar-refractivity contribution in [2.45, 2.75) is 46.2 Å². The van der Waals surface area contributed by atoms with Gasteiger partial charge in [-0.3, -0.25) is 4.57 Å². The molecule has 0 saturated carbocycles. The number of nitrogens with two attached hydrogens (primary N) is 1. The number of aromatic nitrogens is 4. The number of carbonyl (C=O) groups is 1. The van der Waals surface area contributed by atoms with E-state index in [-0.39, 0.29) is 17.6 Å². The van der Waals surface area contributed by atoms with Gasteiger partial charge in [-0.15, -0.1) is 5.10 Å². The molecule has 0 radical (unpaired) electrons. The number of para-hydroxylation sites is 2. The van der Waals surface area contributed by atoms with E-state index in [1.54, 1.807) is 10.6 Å². The van der Waals surface area contributed by atoms with Gasteiger partial charge in [0.25, 0.3) is 0 Å². The standard InChI is InChI=1S/C21H28N6O4/c1-21(2,3)16(17-24-25-18(22)31-17)23-19(28)27-15-7-5-4-6-14(15)26(20(27)29)12-13-8-10-30-11-9-13/h4-7,13,16H,8-12H2,1-3H3,(H2,22,25)(H,23,28)/t16-/m1/s1. The molecule has 10 heteroatoms. The Hall–Kier alpha value is -3.14. The van der Waals surface area contributed by atoms with Crippen LogP contribution >= 0.6 is 0 Å². The van der Waals surface area contributed by atoms with Crippen molar-refractivity contribution in [2.24, 2.45) is 11.3 Å². The Morgan fingerprint density at radius 2 is 1.90 bits per heavy atom. The lowest BCUT2D eigenvalue weighted by molar-refractivity contribution is 0.0613. The molecular weight excluding hydrogens is 400 g/mol. The number of rotatable bonds is 4. The van der Waals surface area contributed by atoms with Crippen LogP contribution < -0.4 is 16.7 Å². The summed E-state index contributed by atoms with van der Waals surface area (Å²) < 4.78 is 13.7. The second-order valence-corrected chi connectivity index (χ2v) is 9.00. The number of nitrogen functional groups attached to an aromatic ring is 1. The predicted octanol–water partition coefficient (Wildman–Crippen LogP) is 2.54. The first-order chi connectivity index (χ1) is 14.8. The minimum Gasteiger partial charge on any atom is -0.406 e. The average Bonchev–Trinajstić information content (AvgIpc) is 3.27. The Bertz CT molecular complexity index is 1130. The lowest BCUT2D eigenvalue weighted by atomic mass is 9.86. The van der Waals surface area contributed by atoms with Gasteiger partial charge in [-0.05, 0) is 36.3 Å². The SMILES string of the molecule is CC(C)(C)[C@H](NC(=O)n1c(=O)n(CC2CCOCC2)c2ccccc21)c1nnc(N)o1. The lowest BCUT2D eigenvalue weighted by Crippen LogP contribution is -2.43. The van der Waals surface area contributed by atoms with Gasteiger partial charge >= 0.3 is 17.7 Å².